The Kier molecular flexibility index (Phi) is 2.20. The van der Waals surface area contributed by atoms with Crippen LogP contribution in [0.2, 0.25) is 0 Å². The van der Waals surface area contributed by atoms with E-state index in [0.717, 1.165) is 30.8 Å². The zero-order chi connectivity index (χ0) is 13.3. The highest BCUT2D eigenvalue weighted by molar-refractivity contribution is 5.50. The van der Waals surface area contributed by atoms with E-state index in [9.17, 15) is 0 Å². The molecule has 4 bridgehead atoms. The highest BCUT2D eigenvalue weighted by Crippen LogP contribution is 2.59. The summed E-state index contributed by atoms with van der Waals surface area (Å²) in [7, 11) is 2.06. The number of aromatic nitrogens is 2. The van der Waals surface area contributed by atoms with E-state index in [1.54, 1.807) is 0 Å². The maximum atomic E-state index is 5.04. The van der Waals surface area contributed by atoms with Crippen LogP contribution >= 0.6 is 0 Å². The maximum Gasteiger partial charge on any atom is 0.129 e. The SMILES string of the molecule is CNc1c2c(nn1C13CC4CC(CC(C4)C1)C3)CNC2. The fourth-order valence-electron chi connectivity index (χ4n) is 6.05. The van der Waals surface area contributed by atoms with E-state index in [0.29, 0.717) is 5.54 Å². The number of hydrogen-bond donors (Lipinski definition) is 2. The fourth-order valence-corrected chi connectivity index (χ4v) is 6.05. The van der Waals surface area contributed by atoms with Crippen molar-refractivity contribution in [3.05, 3.63) is 11.3 Å². The van der Waals surface area contributed by atoms with Crippen LogP contribution in [0.5, 0.6) is 0 Å². The Bertz CT molecular complexity index is 524. The highest BCUT2D eigenvalue weighted by atomic mass is 15.4. The molecule has 4 nitrogen and oxygen atoms in total. The van der Waals surface area contributed by atoms with Gasteiger partial charge in [0.25, 0.3) is 0 Å². The lowest BCUT2D eigenvalue weighted by Gasteiger charge is -2.56. The summed E-state index contributed by atoms with van der Waals surface area (Å²) in [5.74, 6) is 4.22. The Labute approximate surface area is 120 Å². The molecule has 0 aromatic carbocycles. The molecule has 1 aromatic heterocycles. The minimum absolute atomic E-state index is 0.345. The lowest BCUT2D eigenvalue weighted by Crippen LogP contribution is -2.52. The summed E-state index contributed by atoms with van der Waals surface area (Å²) >= 11 is 0. The van der Waals surface area contributed by atoms with Gasteiger partial charge in [0.1, 0.15) is 5.82 Å². The smallest absolute Gasteiger partial charge is 0.129 e. The molecule has 0 amide bonds. The maximum absolute atomic E-state index is 5.04. The lowest BCUT2D eigenvalue weighted by atomic mass is 9.53. The van der Waals surface area contributed by atoms with Gasteiger partial charge in [0.15, 0.2) is 0 Å². The molecule has 0 atom stereocenters. The molecule has 6 rings (SSSR count). The molecule has 20 heavy (non-hydrogen) atoms. The van der Waals surface area contributed by atoms with Crippen LogP contribution in [0.25, 0.3) is 0 Å². The van der Waals surface area contributed by atoms with Gasteiger partial charge in [-0.1, -0.05) is 0 Å². The third-order valence-electron chi connectivity index (χ3n) is 6.35. The largest absolute Gasteiger partial charge is 0.373 e. The molecule has 4 heteroatoms. The zero-order valence-corrected chi connectivity index (χ0v) is 12.3. The van der Waals surface area contributed by atoms with Crippen molar-refractivity contribution in [3.63, 3.8) is 0 Å². The van der Waals surface area contributed by atoms with E-state index in [-0.39, 0.29) is 0 Å². The fraction of sp³-hybridized carbons (Fsp3) is 0.812. The summed E-state index contributed by atoms with van der Waals surface area (Å²) in [5.41, 5.74) is 3.05. The van der Waals surface area contributed by atoms with Crippen LogP contribution in [0.15, 0.2) is 0 Å². The summed E-state index contributed by atoms with van der Waals surface area (Å²) in [6, 6.07) is 0. The quantitative estimate of drug-likeness (QED) is 0.869. The van der Waals surface area contributed by atoms with Gasteiger partial charge in [-0.3, -0.25) is 0 Å². The van der Waals surface area contributed by atoms with Gasteiger partial charge < -0.3 is 10.6 Å². The second-order valence-electron chi connectivity index (χ2n) is 7.68. The standard InChI is InChI=1S/C16H24N4/c1-17-15-13-8-18-9-14(13)19-20(15)16-5-10-2-11(6-16)4-12(3-10)7-16/h10-12,17-18H,2-9H2,1H3. The van der Waals surface area contributed by atoms with Crippen molar-refractivity contribution in [1.29, 1.82) is 0 Å². The molecule has 0 unspecified atom stereocenters. The van der Waals surface area contributed by atoms with Gasteiger partial charge in [-0.15, -0.1) is 0 Å². The number of anilines is 1. The summed E-state index contributed by atoms with van der Waals surface area (Å²) in [4.78, 5) is 0. The molecule has 0 saturated heterocycles. The molecule has 4 aliphatic carbocycles. The van der Waals surface area contributed by atoms with Crippen molar-refractivity contribution in [2.24, 2.45) is 17.8 Å². The van der Waals surface area contributed by atoms with Crippen LogP contribution < -0.4 is 10.6 Å². The number of nitrogens with zero attached hydrogens (tertiary/aromatic N) is 2. The number of hydrogen-bond acceptors (Lipinski definition) is 3. The van der Waals surface area contributed by atoms with Crippen LogP contribution in [-0.2, 0) is 18.6 Å². The lowest BCUT2D eigenvalue weighted by molar-refractivity contribution is -0.0484. The molecule has 5 aliphatic rings. The van der Waals surface area contributed by atoms with Crippen LogP contribution in [-0.4, -0.2) is 16.8 Å². The van der Waals surface area contributed by atoms with Crippen LogP contribution in [0.3, 0.4) is 0 Å². The first kappa shape index (κ1) is 11.6. The third kappa shape index (κ3) is 1.38. The molecule has 108 valence electrons. The van der Waals surface area contributed by atoms with Crippen molar-refractivity contribution in [1.82, 2.24) is 15.1 Å². The Hall–Kier alpha value is -1.03. The molecule has 2 N–H and O–H groups in total. The number of fused-ring (bicyclic) bond motifs is 1. The van der Waals surface area contributed by atoms with Gasteiger partial charge in [0, 0.05) is 25.7 Å². The summed E-state index contributed by atoms with van der Waals surface area (Å²) in [6.07, 6.45) is 8.62. The second-order valence-corrected chi connectivity index (χ2v) is 7.68. The summed E-state index contributed by atoms with van der Waals surface area (Å²) < 4.78 is 2.43. The van der Waals surface area contributed by atoms with Gasteiger partial charge in [0.2, 0.25) is 0 Å². The minimum atomic E-state index is 0.345. The molecule has 2 heterocycles. The monoisotopic (exact) mass is 272 g/mol. The van der Waals surface area contributed by atoms with Crippen molar-refractivity contribution in [3.8, 4) is 0 Å². The topological polar surface area (TPSA) is 41.9 Å². The highest BCUT2D eigenvalue weighted by Gasteiger charge is 2.53. The first-order valence-electron chi connectivity index (χ1n) is 8.27. The van der Waals surface area contributed by atoms with E-state index in [1.807, 2.05) is 0 Å². The number of nitrogens with one attached hydrogen (secondary N) is 2. The molecular weight excluding hydrogens is 248 g/mol. The van der Waals surface area contributed by atoms with Crippen molar-refractivity contribution >= 4 is 5.82 Å². The van der Waals surface area contributed by atoms with E-state index >= 15 is 0 Å². The van der Waals surface area contributed by atoms with Gasteiger partial charge in [-0.2, -0.15) is 5.10 Å². The van der Waals surface area contributed by atoms with E-state index in [4.69, 9.17) is 5.10 Å². The van der Waals surface area contributed by atoms with Gasteiger partial charge in [-0.05, 0) is 56.3 Å². The number of rotatable bonds is 2. The van der Waals surface area contributed by atoms with E-state index < -0.39 is 0 Å². The zero-order valence-electron chi connectivity index (χ0n) is 12.3. The average Bonchev–Trinajstić information content (AvgIpc) is 2.96. The van der Waals surface area contributed by atoms with Crippen LogP contribution in [0.1, 0.15) is 49.8 Å². The van der Waals surface area contributed by atoms with Gasteiger partial charge in [0.05, 0.1) is 11.2 Å². The van der Waals surface area contributed by atoms with Gasteiger partial charge >= 0.3 is 0 Å². The van der Waals surface area contributed by atoms with E-state index in [1.165, 1.54) is 55.6 Å². The van der Waals surface area contributed by atoms with Crippen LogP contribution in [0, 0.1) is 17.8 Å². The summed E-state index contributed by atoms with van der Waals surface area (Å²) in [6.45, 7) is 1.93. The molecule has 0 spiro atoms. The normalized spacial score (nSPS) is 41.1. The molecular formula is C16H24N4. The van der Waals surface area contributed by atoms with E-state index in [2.05, 4.69) is 22.4 Å². The first-order valence-corrected chi connectivity index (χ1v) is 8.27. The Morgan fingerprint density at radius 3 is 2.35 bits per heavy atom. The van der Waals surface area contributed by atoms with Crippen LogP contribution in [0.4, 0.5) is 5.82 Å². The molecule has 1 aromatic rings. The Balaban J connectivity index is 1.63. The molecule has 4 saturated carbocycles. The van der Waals surface area contributed by atoms with Crippen molar-refractivity contribution < 1.29 is 0 Å². The van der Waals surface area contributed by atoms with Gasteiger partial charge in [-0.25, -0.2) is 4.68 Å². The molecule has 0 radical (unpaired) electrons. The van der Waals surface area contributed by atoms with Crippen molar-refractivity contribution in [2.45, 2.75) is 57.2 Å². The summed E-state index contributed by atoms with van der Waals surface area (Å²) in [5, 5.41) is 11.9. The third-order valence-corrected chi connectivity index (χ3v) is 6.35. The van der Waals surface area contributed by atoms with Crippen molar-refractivity contribution in [2.75, 3.05) is 12.4 Å². The molecule has 1 aliphatic heterocycles. The Morgan fingerprint density at radius 2 is 1.75 bits per heavy atom. The first-order chi connectivity index (χ1) is 9.77. The average molecular weight is 272 g/mol. The molecule has 4 fully saturated rings. The predicted molar refractivity (Wildman–Crippen MR) is 78.5 cm³/mol. The Morgan fingerprint density at radius 1 is 1.10 bits per heavy atom. The minimum Gasteiger partial charge on any atom is -0.373 e. The second kappa shape index (κ2) is 3.79. The predicted octanol–water partition coefficient (Wildman–Crippen LogP) is 2.45.